The zero-order valence-electron chi connectivity index (χ0n) is 12.0. The van der Waals surface area contributed by atoms with E-state index in [1.807, 2.05) is 13.8 Å². The number of carboxylic acids is 1. The van der Waals surface area contributed by atoms with Crippen molar-refractivity contribution in [2.75, 3.05) is 6.54 Å². The van der Waals surface area contributed by atoms with Crippen LogP contribution in [-0.2, 0) is 16.0 Å². The molecule has 0 saturated heterocycles. The maximum Gasteiger partial charge on any atom is 0.326 e. The van der Waals surface area contributed by atoms with E-state index in [9.17, 15) is 19.8 Å². The smallest absolute Gasteiger partial charge is 0.326 e. The summed E-state index contributed by atoms with van der Waals surface area (Å²) in [4.78, 5) is 22.8. The number of nitrogens with one attached hydrogen (secondary N) is 2. The number of phenols is 2. The number of phenolic OH excluding ortho intramolecular Hbond substituents is 2. The first-order valence-corrected chi connectivity index (χ1v) is 6.56. The van der Waals surface area contributed by atoms with Crippen molar-refractivity contribution in [3.8, 4) is 11.5 Å². The van der Waals surface area contributed by atoms with E-state index in [0.29, 0.717) is 5.56 Å². The molecule has 7 heteroatoms. The van der Waals surface area contributed by atoms with Crippen molar-refractivity contribution >= 4 is 11.9 Å². The predicted octanol–water partition coefficient (Wildman–Crippen LogP) is 0.208. The lowest BCUT2D eigenvalue weighted by Crippen LogP contribution is -2.46. The second-order valence-corrected chi connectivity index (χ2v) is 5.02. The van der Waals surface area contributed by atoms with Gasteiger partial charge in [-0.3, -0.25) is 4.79 Å². The van der Waals surface area contributed by atoms with E-state index in [1.54, 1.807) is 0 Å². The molecule has 0 bridgehead atoms. The molecule has 0 aliphatic carbocycles. The van der Waals surface area contributed by atoms with E-state index in [-0.39, 0.29) is 30.5 Å². The highest BCUT2D eigenvalue weighted by Crippen LogP contribution is 2.25. The molecule has 0 aromatic heterocycles. The van der Waals surface area contributed by atoms with Crippen LogP contribution in [0.2, 0.25) is 0 Å². The molecule has 0 aliphatic heterocycles. The maximum absolute atomic E-state index is 11.6. The minimum absolute atomic E-state index is 0.0105. The van der Waals surface area contributed by atoms with Crippen LogP contribution in [0.1, 0.15) is 19.4 Å². The summed E-state index contributed by atoms with van der Waals surface area (Å²) in [7, 11) is 0. The molecule has 0 radical (unpaired) electrons. The molecule has 0 heterocycles. The summed E-state index contributed by atoms with van der Waals surface area (Å²) < 4.78 is 0. The van der Waals surface area contributed by atoms with Crippen LogP contribution in [0.4, 0.5) is 0 Å². The number of carbonyl (C=O) groups is 2. The van der Waals surface area contributed by atoms with Crippen LogP contribution in [0.15, 0.2) is 18.2 Å². The van der Waals surface area contributed by atoms with Crippen molar-refractivity contribution in [1.29, 1.82) is 0 Å². The van der Waals surface area contributed by atoms with E-state index in [2.05, 4.69) is 10.6 Å². The largest absolute Gasteiger partial charge is 0.504 e. The van der Waals surface area contributed by atoms with Gasteiger partial charge in [0, 0.05) is 12.5 Å². The summed E-state index contributed by atoms with van der Waals surface area (Å²) in [6.07, 6.45) is 0.0105. The second kappa shape index (κ2) is 7.49. The van der Waals surface area contributed by atoms with Crippen molar-refractivity contribution in [2.24, 2.45) is 0 Å². The lowest BCUT2D eigenvalue weighted by Gasteiger charge is -2.16. The number of benzene rings is 1. The van der Waals surface area contributed by atoms with Crippen LogP contribution < -0.4 is 10.6 Å². The van der Waals surface area contributed by atoms with Gasteiger partial charge >= 0.3 is 5.97 Å². The number of rotatable bonds is 7. The Morgan fingerprint density at radius 1 is 1.19 bits per heavy atom. The predicted molar refractivity (Wildman–Crippen MR) is 76.2 cm³/mol. The molecule has 1 rings (SSSR count). The molecular formula is C14H20N2O5. The Labute approximate surface area is 122 Å². The van der Waals surface area contributed by atoms with Gasteiger partial charge < -0.3 is 26.0 Å². The molecule has 1 aromatic carbocycles. The van der Waals surface area contributed by atoms with Crippen molar-refractivity contribution in [1.82, 2.24) is 10.6 Å². The van der Waals surface area contributed by atoms with Gasteiger partial charge in [0.05, 0.1) is 6.54 Å². The molecule has 0 fully saturated rings. The molecule has 0 aliphatic rings. The molecule has 21 heavy (non-hydrogen) atoms. The fourth-order valence-corrected chi connectivity index (χ4v) is 1.67. The van der Waals surface area contributed by atoms with Gasteiger partial charge in [-0.15, -0.1) is 0 Å². The van der Waals surface area contributed by atoms with Gasteiger partial charge in [0.1, 0.15) is 6.04 Å². The number of hydrogen-bond acceptors (Lipinski definition) is 5. The Morgan fingerprint density at radius 3 is 2.38 bits per heavy atom. The van der Waals surface area contributed by atoms with Crippen LogP contribution in [-0.4, -0.2) is 45.8 Å². The van der Waals surface area contributed by atoms with E-state index in [1.165, 1.54) is 18.2 Å². The highest BCUT2D eigenvalue weighted by atomic mass is 16.4. The lowest BCUT2D eigenvalue weighted by atomic mass is 10.1. The van der Waals surface area contributed by atoms with E-state index >= 15 is 0 Å². The van der Waals surface area contributed by atoms with Gasteiger partial charge in [-0.1, -0.05) is 19.9 Å². The third-order valence-corrected chi connectivity index (χ3v) is 2.78. The highest BCUT2D eigenvalue weighted by Gasteiger charge is 2.20. The average Bonchev–Trinajstić information content (AvgIpc) is 2.39. The molecule has 0 unspecified atom stereocenters. The SMILES string of the molecule is CC(C)NCC(=O)N[C@@H](Cc1ccc(O)c(O)c1)C(=O)O. The number of hydrogen-bond donors (Lipinski definition) is 5. The van der Waals surface area contributed by atoms with Gasteiger partial charge in [0.2, 0.25) is 5.91 Å². The highest BCUT2D eigenvalue weighted by molar-refractivity contribution is 5.84. The normalized spacial score (nSPS) is 12.1. The van der Waals surface area contributed by atoms with Gasteiger partial charge in [0.15, 0.2) is 11.5 Å². The summed E-state index contributed by atoms with van der Waals surface area (Å²) in [6, 6.07) is 3.04. The van der Waals surface area contributed by atoms with Crippen LogP contribution in [0, 0.1) is 0 Å². The molecule has 0 spiro atoms. The van der Waals surface area contributed by atoms with E-state index < -0.39 is 17.9 Å². The average molecular weight is 296 g/mol. The minimum atomic E-state index is -1.17. The summed E-state index contributed by atoms with van der Waals surface area (Å²) >= 11 is 0. The molecule has 1 aromatic rings. The molecule has 7 nitrogen and oxygen atoms in total. The first kappa shape index (κ1) is 16.8. The fraction of sp³-hybridized carbons (Fsp3) is 0.429. The number of carbonyl (C=O) groups excluding carboxylic acids is 1. The Kier molecular flexibility index (Phi) is 5.98. The Morgan fingerprint density at radius 2 is 1.86 bits per heavy atom. The Hall–Kier alpha value is -2.28. The molecular weight excluding hydrogens is 276 g/mol. The van der Waals surface area contributed by atoms with Crippen molar-refractivity contribution in [3.05, 3.63) is 23.8 Å². The maximum atomic E-state index is 11.6. The van der Waals surface area contributed by atoms with Crippen molar-refractivity contribution in [2.45, 2.75) is 32.4 Å². The quantitative estimate of drug-likeness (QED) is 0.459. The minimum Gasteiger partial charge on any atom is -0.504 e. The molecule has 1 atom stereocenters. The summed E-state index contributed by atoms with van der Waals surface area (Å²) in [5.74, 6) is -2.19. The number of amides is 1. The van der Waals surface area contributed by atoms with Gasteiger partial charge in [-0.05, 0) is 17.7 Å². The standard InChI is InChI=1S/C14H20N2O5/c1-8(2)15-7-13(19)16-10(14(20)21)5-9-3-4-11(17)12(18)6-9/h3-4,6,8,10,15,17-18H,5,7H2,1-2H3,(H,16,19)(H,20,21)/t10-/m0/s1. The zero-order valence-corrected chi connectivity index (χ0v) is 12.0. The van der Waals surface area contributed by atoms with E-state index in [0.717, 1.165) is 0 Å². The molecule has 0 saturated carbocycles. The molecule has 5 N–H and O–H groups in total. The van der Waals surface area contributed by atoms with Crippen LogP contribution in [0.25, 0.3) is 0 Å². The van der Waals surface area contributed by atoms with Gasteiger partial charge in [-0.25, -0.2) is 4.79 Å². The number of aliphatic carboxylic acids is 1. The number of carboxylic acid groups (broad SMARTS) is 1. The van der Waals surface area contributed by atoms with Gasteiger partial charge in [-0.2, -0.15) is 0 Å². The third kappa shape index (κ3) is 5.70. The monoisotopic (exact) mass is 296 g/mol. The summed E-state index contributed by atoms with van der Waals surface area (Å²) in [6.45, 7) is 3.78. The van der Waals surface area contributed by atoms with Crippen molar-refractivity contribution in [3.63, 3.8) is 0 Å². The fourth-order valence-electron chi connectivity index (χ4n) is 1.67. The topological polar surface area (TPSA) is 119 Å². The lowest BCUT2D eigenvalue weighted by molar-refractivity contribution is -0.141. The van der Waals surface area contributed by atoms with Gasteiger partial charge in [0.25, 0.3) is 0 Å². The van der Waals surface area contributed by atoms with Crippen LogP contribution >= 0.6 is 0 Å². The van der Waals surface area contributed by atoms with Crippen molar-refractivity contribution < 1.29 is 24.9 Å². The van der Waals surface area contributed by atoms with Crippen LogP contribution in [0.5, 0.6) is 11.5 Å². The van der Waals surface area contributed by atoms with E-state index in [4.69, 9.17) is 5.11 Å². The molecule has 1 amide bonds. The Bertz CT molecular complexity index is 516. The second-order valence-electron chi connectivity index (χ2n) is 5.02. The first-order valence-electron chi connectivity index (χ1n) is 6.56. The third-order valence-electron chi connectivity index (χ3n) is 2.78. The summed E-state index contributed by atoms with van der Waals surface area (Å²) in [5, 5.41) is 33.0. The molecule has 116 valence electrons. The summed E-state index contributed by atoms with van der Waals surface area (Å²) in [5.41, 5.74) is 0.495. The number of aromatic hydroxyl groups is 2. The first-order chi connectivity index (χ1) is 9.79. The van der Waals surface area contributed by atoms with Crippen LogP contribution in [0.3, 0.4) is 0 Å². The Balaban J connectivity index is 2.67. The zero-order chi connectivity index (χ0) is 16.0.